The third-order valence-corrected chi connectivity index (χ3v) is 3.14. The van der Waals surface area contributed by atoms with Gasteiger partial charge in [0.2, 0.25) is 5.95 Å². The monoisotopic (exact) mass is 267 g/mol. The molecule has 0 atom stereocenters. The second kappa shape index (κ2) is 4.70. The lowest BCUT2D eigenvalue weighted by molar-refractivity contribution is 0.0699. The summed E-state index contributed by atoms with van der Waals surface area (Å²) in [5.74, 6) is -0.451. The Morgan fingerprint density at radius 3 is 2.75 bits per heavy atom. The van der Waals surface area contributed by atoms with Gasteiger partial charge in [-0.1, -0.05) is 24.3 Å². The van der Waals surface area contributed by atoms with E-state index in [0.717, 1.165) is 11.3 Å². The average Bonchev–Trinajstić information content (AvgIpc) is 2.83. The molecule has 0 spiro atoms. The molecular formula is C15H13N3O2. The second-order valence-corrected chi connectivity index (χ2v) is 4.53. The standard InChI is InChI=1S/C15H13N3O2/c1-9-5-2-3-7-11(9)16-15-17-12-8-4-6-10(14(19)20)13(12)18-15/h2-8H,1H3,(H,19,20)(H2,16,17,18). The van der Waals surface area contributed by atoms with E-state index >= 15 is 0 Å². The van der Waals surface area contributed by atoms with Crippen molar-refractivity contribution in [1.29, 1.82) is 0 Å². The molecule has 0 bridgehead atoms. The number of imidazole rings is 1. The molecule has 0 fully saturated rings. The molecule has 5 heteroatoms. The van der Waals surface area contributed by atoms with Crippen LogP contribution in [0, 0.1) is 6.92 Å². The highest BCUT2D eigenvalue weighted by Gasteiger charge is 2.12. The number of aromatic carboxylic acids is 1. The molecule has 0 saturated carbocycles. The number of hydrogen-bond acceptors (Lipinski definition) is 3. The lowest BCUT2D eigenvalue weighted by Gasteiger charge is -2.05. The van der Waals surface area contributed by atoms with Crippen molar-refractivity contribution >= 4 is 28.6 Å². The minimum Gasteiger partial charge on any atom is -0.478 e. The predicted molar refractivity (Wildman–Crippen MR) is 77.5 cm³/mol. The van der Waals surface area contributed by atoms with E-state index in [0.29, 0.717) is 17.0 Å². The summed E-state index contributed by atoms with van der Waals surface area (Å²) < 4.78 is 0. The first-order chi connectivity index (χ1) is 9.65. The van der Waals surface area contributed by atoms with Crippen molar-refractivity contribution in [2.45, 2.75) is 6.92 Å². The van der Waals surface area contributed by atoms with Gasteiger partial charge >= 0.3 is 5.97 Å². The van der Waals surface area contributed by atoms with Crippen LogP contribution in [0.5, 0.6) is 0 Å². The molecule has 3 aromatic rings. The summed E-state index contributed by atoms with van der Waals surface area (Å²) in [6.07, 6.45) is 0. The molecule has 3 N–H and O–H groups in total. The van der Waals surface area contributed by atoms with Crippen molar-refractivity contribution in [2.24, 2.45) is 0 Å². The van der Waals surface area contributed by atoms with Gasteiger partial charge in [0.05, 0.1) is 11.1 Å². The number of carboxylic acids is 1. The average molecular weight is 267 g/mol. The van der Waals surface area contributed by atoms with Gasteiger partial charge in [0.1, 0.15) is 5.52 Å². The Morgan fingerprint density at radius 1 is 1.20 bits per heavy atom. The van der Waals surface area contributed by atoms with Gasteiger partial charge in [-0.25, -0.2) is 9.78 Å². The molecule has 0 unspecified atom stereocenters. The van der Waals surface area contributed by atoms with Gasteiger partial charge in [-0.15, -0.1) is 0 Å². The van der Waals surface area contributed by atoms with Crippen LogP contribution < -0.4 is 5.32 Å². The Bertz CT molecular complexity index is 793. The number of anilines is 2. The highest BCUT2D eigenvalue weighted by Crippen LogP contribution is 2.22. The molecule has 3 rings (SSSR count). The molecule has 100 valence electrons. The Balaban J connectivity index is 2.04. The van der Waals surface area contributed by atoms with Crippen LogP contribution in [-0.2, 0) is 0 Å². The number of aromatic amines is 1. The smallest absolute Gasteiger partial charge is 0.337 e. The van der Waals surface area contributed by atoms with Crippen LogP contribution in [-0.4, -0.2) is 21.0 Å². The molecule has 1 heterocycles. The van der Waals surface area contributed by atoms with Gasteiger partial charge in [0.15, 0.2) is 0 Å². The van der Waals surface area contributed by atoms with E-state index in [9.17, 15) is 4.79 Å². The summed E-state index contributed by atoms with van der Waals surface area (Å²) in [6.45, 7) is 1.99. The topological polar surface area (TPSA) is 78.0 Å². The van der Waals surface area contributed by atoms with Gasteiger partial charge < -0.3 is 15.4 Å². The molecule has 0 aliphatic carbocycles. The molecular weight excluding hydrogens is 254 g/mol. The number of carboxylic acid groups (broad SMARTS) is 1. The fraction of sp³-hybridized carbons (Fsp3) is 0.0667. The number of aryl methyl sites for hydroxylation is 1. The number of H-pyrrole nitrogens is 1. The Morgan fingerprint density at radius 2 is 2.00 bits per heavy atom. The largest absolute Gasteiger partial charge is 0.478 e. The number of carbonyl (C=O) groups is 1. The third-order valence-electron chi connectivity index (χ3n) is 3.14. The maximum absolute atomic E-state index is 11.2. The molecule has 1 aromatic heterocycles. The predicted octanol–water partition coefficient (Wildman–Crippen LogP) is 3.31. The Labute approximate surface area is 115 Å². The first kappa shape index (κ1) is 12.2. The van der Waals surface area contributed by atoms with Crippen LogP contribution in [0.15, 0.2) is 42.5 Å². The third kappa shape index (κ3) is 2.09. The van der Waals surface area contributed by atoms with Crippen LogP contribution in [0.2, 0.25) is 0 Å². The minimum atomic E-state index is -0.982. The molecule has 20 heavy (non-hydrogen) atoms. The van der Waals surface area contributed by atoms with Crippen LogP contribution in [0.3, 0.4) is 0 Å². The first-order valence-corrected chi connectivity index (χ1v) is 6.20. The molecule has 2 aromatic carbocycles. The highest BCUT2D eigenvalue weighted by molar-refractivity contribution is 6.01. The summed E-state index contributed by atoms with van der Waals surface area (Å²) in [5.41, 5.74) is 3.36. The van der Waals surface area contributed by atoms with E-state index in [2.05, 4.69) is 15.3 Å². The van der Waals surface area contributed by atoms with Crippen molar-refractivity contribution < 1.29 is 9.90 Å². The number of aromatic nitrogens is 2. The summed E-state index contributed by atoms with van der Waals surface area (Å²) in [6, 6.07) is 12.9. The second-order valence-electron chi connectivity index (χ2n) is 4.53. The number of rotatable bonds is 3. The number of hydrogen-bond donors (Lipinski definition) is 3. The zero-order valence-corrected chi connectivity index (χ0v) is 10.8. The van der Waals surface area contributed by atoms with E-state index in [4.69, 9.17) is 5.11 Å². The van der Waals surface area contributed by atoms with Crippen molar-refractivity contribution in [1.82, 2.24) is 9.97 Å². The maximum atomic E-state index is 11.2. The zero-order chi connectivity index (χ0) is 14.1. The van der Waals surface area contributed by atoms with E-state index < -0.39 is 5.97 Å². The number of para-hydroxylation sites is 2. The summed E-state index contributed by atoms with van der Waals surface area (Å²) >= 11 is 0. The molecule has 5 nitrogen and oxygen atoms in total. The SMILES string of the molecule is Cc1ccccc1Nc1nc2c(C(=O)O)cccc2[nH]1. The van der Waals surface area contributed by atoms with Crippen molar-refractivity contribution in [3.05, 3.63) is 53.6 Å². The van der Waals surface area contributed by atoms with Gasteiger partial charge in [-0.3, -0.25) is 0 Å². The van der Waals surface area contributed by atoms with Gasteiger partial charge in [-0.05, 0) is 30.7 Å². The van der Waals surface area contributed by atoms with Gasteiger partial charge in [0, 0.05) is 5.69 Å². The first-order valence-electron chi connectivity index (χ1n) is 6.20. The van der Waals surface area contributed by atoms with Crippen LogP contribution in [0.25, 0.3) is 11.0 Å². The number of nitrogens with zero attached hydrogens (tertiary/aromatic N) is 1. The fourth-order valence-electron chi connectivity index (χ4n) is 2.10. The maximum Gasteiger partial charge on any atom is 0.337 e. The number of nitrogens with one attached hydrogen (secondary N) is 2. The van der Waals surface area contributed by atoms with Crippen molar-refractivity contribution in [3.63, 3.8) is 0 Å². The van der Waals surface area contributed by atoms with Crippen LogP contribution in [0.4, 0.5) is 11.6 Å². The number of benzene rings is 2. The summed E-state index contributed by atoms with van der Waals surface area (Å²) in [5, 5.41) is 12.3. The Kier molecular flexibility index (Phi) is 2.87. The van der Waals surface area contributed by atoms with E-state index in [1.807, 2.05) is 31.2 Å². The van der Waals surface area contributed by atoms with Crippen molar-refractivity contribution in [2.75, 3.05) is 5.32 Å². The van der Waals surface area contributed by atoms with Crippen LogP contribution >= 0.6 is 0 Å². The van der Waals surface area contributed by atoms with Gasteiger partial charge in [-0.2, -0.15) is 0 Å². The Hall–Kier alpha value is -2.82. The van der Waals surface area contributed by atoms with Crippen molar-refractivity contribution in [3.8, 4) is 0 Å². The molecule has 0 aliphatic rings. The van der Waals surface area contributed by atoms with E-state index in [1.165, 1.54) is 0 Å². The summed E-state index contributed by atoms with van der Waals surface area (Å²) in [7, 11) is 0. The molecule has 0 saturated heterocycles. The fourth-order valence-corrected chi connectivity index (χ4v) is 2.10. The van der Waals surface area contributed by atoms with Crippen LogP contribution in [0.1, 0.15) is 15.9 Å². The van der Waals surface area contributed by atoms with Gasteiger partial charge in [0.25, 0.3) is 0 Å². The normalized spacial score (nSPS) is 10.7. The lowest BCUT2D eigenvalue weighted by Crippen LogP contribution is -1.97. The minimum absolute atomic E-state index is 0.191. The lowest BCUT2D eigenvalue weighted by atomic mass is 10.2. The quantitative estimate of drug-likeness (QED) is 0.680. The number of fused-ring (bicyclic) bond motifs is 1. The highest BCUT2D eigenvalue weighted by atomic mass is 16.4. The molecule has 0 amide bonds. The molecule has 0 radical (unpaired) electrons. The van der Waals surface area contributed by atoms with E-state index in [1.54, 1.807) is 18.2 Å². The molecule has 0 aliphatic heterocycles. The zero-order valence-electron chi connectivity index (χ0n) is 10.8. The summed E-state index contributed by atoms with van der Waals surface area (Å²) in [4.78, 5) is 18.6. The van der Waals surface area contributed by atoms with E-state index in [-0.39, 0.29) is 5.56 Å².